The van der Waals surface area contributed by atoms with Gasteiger partial charge in [0.05, 0.1) is 34.8 Å². The minimum atomic E-state index is -0.801. The molecule has 2 bridgehead atoms. The summed E-state index contributed by atoms with van der Waals surface area (Å²) in [6, 6.07) is 3.50. The van der Waals surface area contributed by atoms with Crippen LogP contribution in [0.5, 0.6) is 11.5 Å². The maximum atomic E-state index is 12.8. The van der Waals surface area contributed by atoms with Gasteiger partial charge in [0.25, 0.3) is 11.8 Å². The van der Waals surface area contributed by atoms with E-state index in [9.17, 15) is 14.4 Å². The third-order valence-corrected chi connectivity index (χ3v) is 6.82. The fourth-order valence-corrected chi connectivity index (χ4v) is 5.40. The third kappa shape index (κ3) is 4.02. The van der Waals surface area contributed by atoms with Gasteiger partial charge in [-0.25, -0.2) is 4.79 Å². The summed E-state index contributed by atoms with van der Waals surface area (Å²) in [6.45, 7) is 5.85. The van der Waals surface area contributed by atoms with E-state index in [4.69, 9.17) is 14.2 Å². The topological polar surface area (TPSA) is 94.5 Å². The first-order valence-electron chi connectivity index (χ1n) is 10.7. The van der Waals surface area contributed by atoms with Crippen molar-refractivity contribution in [2.45, 2.75) is 33.3 Å². The van der Waals surface area contributed by atoms with E-state index >= 15 is 0 Å². The standard InChI is InChI=1S/C23H25IN2O6/c1-4-30-17-9-13(8-16(24)20(17)32-12(3)23(29)31-5-2)11-25-26-21(27)18-14-6-7-15(10-14)19(18)22(26)28/h6-9,11-12,14-15,18-19H,4-5,10H2,1-3H3/t12-,14+,15+,18-,19+/m1/s1. The van der Waals surface area contributed by atoms with Crippen molar-refractivity contribution in [1.82, 2.24) is 5.01 Å². The lowest BCUT2D eigenvalue weighted by molar-refractivity contribution is -0.150. The Hall–Kier alpha value is -2.43. The molecule has 1 aliphatic heterocycles. The van der Waals surface area contributed by atoms with E-state index in [-0.39, 0.29) is 42.1 Å². The summed E-state index contributed by atoms with van der Waals surface area (Å²) in [5, 5.41) is 5.24. The second kappa shape index (κ2) is 9.21. The first kappa shape index (κ1) is 22.8. The van der Waals surface area contributed by atoms with E-state index in [2.05, 4.69) is 39.8 Å². The number of ether oxygens (including phenoxy) is 3. The monoisotopic (exact) mass is 552 g/mol. The van der Waals surface area contributed by atoms with Gasteiger partial charge in [-0.1, -0.05) is 12.2 Å². The Morgan fingerprint density at radius 2 is 1.84 bits per heavy atom. The van der Waals surface area contributed by atoms with Crippen LogP contribution in [-0.4, -0.2) is 48.3 Å². The smallest absolute Gasteiger partial charge is 0.347 e. The highest BCUT2D eigenvalue weighted by Crippen LogP contribution is 2.52. The summed E-state index contributed by atoms with van der Waals surface area (Å²) in [5.74, 6) is -0.327. The van der Waals surface area contributed by atoms with Gasteiger partial charge in [-0.05, 0) is 79.3 Å². The summed E-state index contributed by atoms with van der Waals surface area (Å²) < 4.78 is 17.2. The van der Waals surface area contributed by atoms with Crippen molar-refractivity contribution < 1.29 is 28.6 Å². The highest BCUT2D eigenvalue weighted by atomic mass is 127. The molecule has 8 nitrogen and oxygen atoms in total. The molecule has 0 spiro atoms. The van der Waals surface area contributed by atoms with Gasteiger partial charge in [-0.15, -0.1) is 0 Å². The van der Waals surface area contributed by atoms with Crippen molar-refractivity contribution in [3.63, 3.8) is 0 Å². The number of carbonyl (C=O) groups is 3. The van der Waals surface area contributed by atoms with E-state index in [1.54, 1.807) is 26.0 Å². The molecule has 170 valence electrons. The summed E-state index contributed by atoms with van der Waals surface area (Å²) in [5.41, 5.74) is 0.646. The van der Waals surface area contributed by atoms with Crippen molar-refractivity contribution in [1.29, 1.82) is 0 Å². The van der Waals surface area contributed by atoms with Crippen LogP contribution in [0.3, 0.4) is 0 Å². The molecule has 0 aromatic heterocycles. The summed E-state index contributed by atoms with van der Waals surface area (Å²) in [7, 11) is 0. The van der Waals surface area contributed by atoms with Gasteiger partial charge in [-0.2, -0.15) is 10.1 Å². The molecule has 2 fully saturated rings. The summed E-state index contributed by atoms with van der Waals surface area (Å²) in [4.78, 5) is 37.6. The molecule has 4 rings (SSSR count). The minimum Gasteiger partial charge on any atom is -0.490 e. The fourth-order valence-electron chi connectivity index (χ4n) is 4.65. The molecule has 2 amide bonds. The number of amides is 2. The Morgan fingerprint density at radius 1 is 1.19 bits per heavy atom. The van der Waals surface area contributed by atoms with Crippen molar-refractivity contribution in [3.05, 3.63) is 33.4 Å². The van der Waals surface area contributed by atoms with E-state index in [0.717, 1.165) is 11.4 Å². The second-order valence-electron chi connectivity index (χ2n) is 8.01. The molecular formula is C23H25IN2O6. The van der Waals surface area contributed by atoms with Crippen LogP contribution < -0.4 is 9.47 Å². The molecule has 32 heavy (non-hydrogen) atoms. The van der Waals surface area contributed by atoms with Gasteiger partial charge in [0.15, 0.2) is 17.6 Å². The Morgan fingerprint density at radius 3 is 2.44 bits per heavy atom. The van der Waals surface area contributed by atoms with Crippen molar-refractivity contribution >= 4 is 46.6 Å². The van der Waals surface area contributed by atoms with Crippen LogP contribution in [-0.2, 0) is 19.1 Å². The molecule has 0 radical (unpaired) electrons. The average Bonchev–Trinajstić information content (AvgIpc) is 3.43. The molecule has 1 aromatic carbocycles. The zero-order chi connectivity index (χ0) is 23.0. The largest absolute Gasteiger partial charge is 0.490 e. The van der Waals surface area contributed by atoms with E-state index in [1.165, 1.54) is 6.21 Å². The molecule has 3 aliphatic rings. The number of halogens is 1. The number of rotatable bonds is 8. The van der Waals surface area contributed by atoms with Crippen LogP contribution in [0.2, 0.25) is 0 Å². The number of fused-ring (bicyclic) bond motifs is 5. The van der Waals surface area contributed by atoms with Crippen LogP contribution >= 0.6 is 22.6 Å². The molecule has 1 heterocycles. The predicted molar refractivity (Wildman–Crippen MR) is 124 cm³/mol. The molecule has 2 aliphatic carbocycles. The number of nitrogens with zero attached hydrogens (tertiary/aromatic N) is 2. The SMILES string of the molecule is CCOC(=O)[C@@H](C)Oc1c(I)cc(C=NN2C(=O)[C@@H]3[C@H](C2=O)[C@H]2C=C[C@H]3C2)cc1OCC. The number of esters is 1. The lowest BCUT2D eigenvalue weighted by Gasteiger charge is -2.18. The highest BCUT2D eigenvalue weighted by molar-refractivity contribution is 14.1. The van der Waals surface area contributed by atoms with Crippen LogP contribution in [0.1, 0.15) is 32.8 Å². The number of hydrogen-bond acceptors (Lipinski definition) is 7. The zero-order valence-corrected chi connectivity index (χ0v) is 20.3. The first-order valence-corrected chi connectivity index (χ1v) is 11.8. The van der Waals surface area contributed by atoms with Gasteiger partial charge >= 0.3 is 5.97 Å². The predicted octanol–water partition coefficient (Wildman–Crippen LogP) is 3.16. The van der Waals surface area contributed by atoms with Crippen LogP contribution in [0.15, 0.2) is 29.4 Å². The number of carbonyl (C=O) groups excluding carboxylic acids is 3. The lowest BCUT2D eigenvalue weighted by atomic mass is 9.85. The maximum absolute atomic E-state index is 12.8. The molecular weight excluding hydrogens is 527 g/mol. The van der Waals surface area contributed by atoms with E-state index < -0.39 is 12.1 Å². The van der Waals surface area contributed by atoms with Crippen molar-refractivity contribution in [2.24, 2.45) is 28.8 Å². The summed E-state index contributed by atoms with van der Waals surface area (Å²) in [6.07, 6.45) is 5.67. The van der Waals surface area contributed by atoms with Gasteiger partial charge < -0.3 is 14.2 Å². The average molecular weight is 552 g/mol. The number of benzene rings is 1. The molecule has 1 saturated carbocycles. The Labute approximate surface area is 200 Å². The molecule has 0 unspecified atom stereocenters. The fraction of sp³-hybridized carbons (Fsp3) is 0.478. The molecule has 1 aromatic rings. The lowest BCUT2D eigenvalue weighted by Crippen LogP contribution is -2.28. The molecule has 9 heteroatoms. The van der Waals surface area contributed by atoms with Gasteiger partial charge in [0.1, 0.15) is 0 Å². The Balaban J connectivity index is 1.54. The highest BCUT2D eigenvalue weighted by Gasteiger charge is 2.59. The minimum absolute atomic E-state index is 0.143. The number of imide groups is 1. The van der Waals surface area contributed by atoms with Crippen molar-refractivity contribution in [2.75, 3.05) is 13.2 Å². The van der Waals surface area contributed by atoms with Gasteiger partial charge in [-0.3, -0.25) is 9.59 Å². The second-order valence-corrected chi connectivity index (χ2v) is 9.17. The first-order chi connectivity index (χ1) is 15.3. The quantitative estimate of drug-likeness (QED) is 0.162. The Bertz CT molecular complexity index is 976. The maximum Gasteiger partial charge on any atom is 0.347 e. The Kier molecular flexibility index (Phi) is 6.55. The van der Waals surface area contributed by atoms with Crippen LogP contribution in [0.25, 0.3) is 0 Å². The van der Waals surface area contributed by atoms with Crippen LogP contribution in [0, 0.1) is 27.2 Å². The molecule has 5 atom stereocenters. The molecule has 1 saturated heterocycles. The number of allylic oxidation sites excluding steroid dienone is 2. The van der Waals surface area contributed by atoms with Crippen molar-refractivity contribution in [3.8, 4) is 11.5 Å². The van der Waals surface area contributed by atoms with Crippen LogP contribution in [0.4, 0.5) is 0 Å². The summed E-state index contributed by atoms with van der Waals surface area (Å²) >= 11 is 2.09. The normalized spacial score (nSPS) is 26.7. The van der Waals surface area contributed by atoms with E-state index in [0.29, 0.717) is 27.2 Å². The van der Waals surface area contributed by atoms with E-state index in [1.807, 2.05) is 6.92 Å². The third-order valence-electron chi connectivity index (χ3n) is 6.01. The molecule has 0 N–H and O–H groups in total. The zero-order valence-electron chi connectivity index (χ0n) is 18.1. The number of hydrazone groups is 1. The van der Waals surface area contributed by atoms with Gasteiger partial charge in [0, 0.05) is 0 Å². The number of hydrogen-bond donors (Lipinski definition) is 0. The van der Waals surface area contributed by atoms with Gasteiger partial charge in [0.2, 0.25) is 0 Å².